The first-order valence-electron chi connectivity index (χ1n) is 7.17. The number of hydrogen-bond donors (Lipinski definition) is 1. The van der Waals surface area contributed by atoms with E-state index in [-0.39, 0.29) is 5.41 Å². The number of carbonyl (C=O) groups is 1. The molecule has 1 atom stereocenters. The van der Waals surface area contributed by atoms with Crippen molar-refractivity contribution in [2.75, 3.05) is 40.3 Å². The maximum absolute atomic E-state index is 12.2. The van der Waals surface area contributed by atoms with Crippen molar-refractivity contribution in [3.63, 3.8) is 0 Å². The minimum Gasteiger partial charge on any atom is -0.345 e. The lowest BCUT2D eigenvalue weighted by Gasteiger charge is -2.31. The van der Waals surface area contributed by atoms with Crippen LogP contribution in [0.2, 0.25) is 0 Å². The molecule has 1 saturated carbocycles. The summed E-state index contributed by atoms with van der Waals surface area (Å²) >= 11 is 0. The number of amides is 1. The number of carbonyl (C=O) groups excluding carboxylic acids is 1. The molecule has 0 radical (unpaired) electrons. The van der Waals surface area contributed by atoms with Crippen LogP contribution in [0.15, 0.2) is 0 Å². The Kier molecular flexibility index (Phi) is 4.28. The summed E-state index contributed by atoms with van der Waals surface area (Å²) in [4.78, 5) is 16.5. The van der Waals surface area contributed by atoms with Gasteiger partial charge in [-0.3, -0.25) is 4.79 Å². The Balaban J connectivity index is 1.76. The van der Waals surface area contributed by atoms with Gasteiger partial charge in [-0.15, -0.1) is 0 Å². The van der Waals surface area contributed by atoms with Gasteiger partial charge in [0.15, 0.2) is 0 Å². The van der Waals surface area contributed by atoms with E-state index in [2.05, 4.69) is 11.9 Å². The number of hydrogen-bond acceptors (Lipinski definition) is 3. The van der Waals surface area contributed by atoms with E-state index in [9.17, 15) is 4.79 Å². The van der Waals surface area contributed by atoms with Gasteiger partial charge in [0.05, 0.1) is 0 Å². The van der Waals surface area contributed by atoms with Crippen molar-refractivity contribution in [2.45, 2.75) is 32.1 Å². The molecular weight excluding hydrogens is 226 g/mol. The fraction of sp³-hybridized carbons (Fsp3) is 0.929. The monoisotopic (exact) mass is 253 g/mol. The number of piperidine rings is 1. The molecule has 1 aliphatic heterocycles. The van der Waals surface area contributed by atoms with Gasteiger partial charge in [-0.2, -0.15) is 0 Å². The number of nitrogens with two attached hydrogens (primary N) is 1. The molecule has 1 heterocycles. The Morgan fingerprint density at radius 1 is 1.50 bits per heavy atom. The van der Waals surface area contributed by atoms with Crippen molar-refractivity contribution in [1.29, 1.82) is 0 Å². The zero-order valence-corrected chi connectivity index (χ0v) is 11.8. The third kappa shape index (κ3) is 3.45. The Morgan fingerprint density at radius 3 is 2.78 bits per heavy atom. The maximum atomic E-state index is 12.2. The van der Waals surface area contributed by atoms with E-state index in [0.717, 1.165) is 19.6 Å². The van der Waals surface area contributed by atoms with Gasteiger partial charge in [0.1, 0.15) is 0 Å². The van der Waals surface area contributed by atoms with Gasteiger partial charge in [0.25, 0.3) is 0 Å². The normalized spacial score (nSPS) is 26.9. The smallest absolute Gasteiger partial charge is 0.222 e. The standard InChI is InChI=1S/C14H27N3O/c1-16-7-3-4-12(9-16)8-13(18)17(2)11-14(10-15)5-6-14/h12H,3-11,15H2,1-2H3. The minimum atomic E-state index is 0.258. The molecule has 0 aromatic rings. The maximum Gasteiger partial charge on any atom is 0.222 e. The van der Waals surface area contributed by atoms with E-state index in [4.69, 9.17) is 5.73 Å². The molecule has 4 nitrogen and oxygen atoms in total. The Hall–Kier alpha value is -0.610. The quantitative estimate of drug-likeness (QED) is 0.792. The second kappa shape index (κ2) is 5.57. The molecule has 0 spiro atoms. The largest absolute Gasteiger partial charge is 0.345 e. The summed E-state index contributed by atoms with van der Waals surface area (Å²) in [5.74, 6) is 0.849. The summed E-state index contributed by atoms with van der Waals surface area (Å²) in [5, 5.41) is 0. The molecule has 1 amide bonds. The van der Waals surface area contributed by atoms with Crippen LogP contribution in [-0.4, -0.2) is 56.0 Å². The van der Waals surface area contributed by atoms with Gasteiger partial charge >= 0.3 is 0 Å². The first kappa shape index (κ1) is 13.8. The summed E-state index contributed by atoms with van der Waals surface area (Å²) < 4.78 is 0. The molecule has 0 bridgehead atoms. The molecule has 1 saturated heterocycles. The van der Waals surface area contributed by atoms with Crippen LogP contribution in [0, 0.1) is 11.3 Å². The molecule has 0 aromatic carbocycles. The average molecular weight is 253 g/mol. The summed E-state index contributed by atoms with van der Waals surface area (Å²) in [5.41, 5.74) is 6.03. The molecule has 1 unspecified atom stereocenters. The lowest BCUT2D eigenvalue weighted by atomic mass is 9.94. The van der Waals surface area contributed by atoms with Crippen molar-refractivity contribution in [3.8, 4) is 0 Å². The molecule has 1 aliphatic carbocycles. The SMILES string of the molecule is CN1CCCC(CC(=O)N(C)CC2(CN)CC2)C1. The van der Waals surface area contributed by atoms with Crippen molar-refractivity contribution in [1.82, 2.24) is 9.80 Å². The van der Waals surface area contributed by atoms with Crippen LogP contribution in [0.5, 0.6) is 0 Å². The fourth-order valence-electron chi connectivity index (χ4n) is 3.04. The highest BCUT2D eigenvalue weighted by Crippen LogP contribution is 2.45. The summed E-state index contributed by atoms with van der Waals surface area (Å²) in [6.07, 6.45) is 5.51. The van der Waals surface area contributed by atoms with Gasteiger partial charge in [-0.25, -0.2) is 0 Å². The molecular formula is C14H27N3O. The first-order valence-corrected chi connectivity index (χ1v) is 7.17. The van der Waals surface area contributed by atoms with Crippen molar-refractivity contribution < 1.29 is 4.79 Å². The second-order valence-corrected chi connectivity index (χ2v) is 6.43. The fourth-order valence-corrected chi connectivity index (χ4v) is 3.04. The Morgan fingerprint density at radius 2 is 2.22 bits per heavy atom. The third-order valence-electron chi connectivity index (χ3n) is 4.57. The molecule has 18 heavy (non-hydrogen) atoms. The predicted octanol–water partition coefficient (Wildman–Crippen LogP) is 0.916. The van der Waals surface area contributed by atoms with E-state index in [1.54, 1.807) is 0 Å². The van der Waals surface area contributed by atoms with Gasteiger partial charge in [0, 0.05) is 32.0 Å². The highest BCUT2D eigenvalue weighted by Gasteiger charge is 2.42. The van der Waals surface area contributed by atoms with E-state index in [1.165, 1.54) is 32.2 Å². The Bertz CT molecular complexity index is 301. The molecule has 2 N–H and O–H groups in total. The average Bonchev–Trinajstić information content (AvgIpc) is 3.09. The van der Waals surface area contributed by atoms with Crippen LogP contribution >= 0.6 is 0 Å². The summed E-state index contributed by atoms with van der Waals surface area (Å²) in [7, 11) is 4.08. The second-order valence-electron chi connectivity index (χ2n) is 6.43. The number of likely N-dealkylation sites (tertiary alicyclic amines) is 1. The van der Waals surface area contributed by atoms with Gasteiger partial charge in [-0.1, -0.05) is 0 Å². The van der Waals surface area contributed by atoms with Gasteiger partial charge in [-0.05, 0) is 51.7 Å². The van der Waals surface area contributed by atoms with Crippen LogP contribution in [0.3, 0.4) is 0 Å². The van der Waals surface area contributed by atoms with Crippen LogP contribution in [-0.2, 0) is 4.79 Å². The number of nitrogens with zero attached hydrogens (tertiary/aromatic N) is 2. The van der Waals surface area contributed by atoms with E-state index in [1.807, 2.05) is 11.9 Å². The predicted molar refractivity (Wildman–Crippen MR) is 73.2 cm³/mol. The molecule has 2 fully saturated rings. The molecule has 2 rings (SSSR count). The van der Waals surface area contributed by atoms with Crippen molar-refractivity contribution in [2.24, 2.45) is 17.1 Å². The first-order chi connectivity index (χ1) is 8.54. The minimum absolute atomic E-state index is 0.258. The van der Waals surface area contributed by atoms with Crippen LogP contribution < -0.4 is 5.73 Å². The zero-order valence-electron chi connectivity index (χ0n) is 11.8. The third-order valence-corrected chi connectivity index (χ3v) is 4.57. The van der Waals surface area contributed by atoms with E-state index in [0.29, 0.717) is 18.2 Å². The molecule has 2 aliphatic rings. The topological polar surface area (TPSA) is 49.6 Å². The Labute approximate surface area is 110 Å². The van der Waals surface area contributed by atoms with Crippen LogP contribution in [0.1, 0.15) is 32.1 Å². The lowest BCUT2D eigenvalue weighted by molar-refractivity contribution is -0.132. The highest BCUT2D eigenvalue weighted by molar-refractivity contribution is 5.76. The lowest BCUT2D eigenvalue weighted by Crippen LogP contribution is -2.39. The van der Waals surface area contributed by atoms with E-state index >= 15 is 0 Å². The van der Waals surface area contributed by atoms with Crippen LogP contribution in [0.4, 0.5) is 0 Å². The summed E-state index contributed by atoms with van der Waals surface area (Å²) in [6.45, 7) is 3.82. The molecule has 104 valence electrons. The zero-order chi connectivity index (χ0) is 13.2. The molecule has 4 heteroatoms. The van der Waals surface area contributed by atoms with Gasteiger partial charge < -0.3 is 15.5 Å². The van der Waals surface area contributed by atoms with E-state index < -0.39 is 0 Å². The highest BCUT2D eigenvalue weighted by atomic mass is 16.2. The van der Waals surface area contributed by atoms with Crippen molar-refractivity contribution >= 4 is 5.91 Å². The molecule has 0 aromatic heterocycles. The number of rotatable bonds is 5. The summed E-state index contributed by atoms with van der Waals surface area (Å²) in [6, 6.07) is 0. The van der Waals surface area contributed by atoms with Crippen LogP contribution in [0.25, 0.3) is 0 Å². The van der Waals surface area contributed by atoms with Gasteiger partial charge in [0.2, 0.25) is 5.91 Å². The van der Waals surface area contributed by atoms with Crippen molar-refractivity contribution in [3.05, 3.63) is 0 Å².